The van der Waals surface area contributed by atoms with Crippen molar-refractivity contribution in [3.05, 3.63) is 69.4 Å². The van der Waals surface area contributed by atoms with E-state index in [2.05, 4.69) is 97.0 Å². The van der Waals surface area contributed by atoms with Gasteiger partial charge >= 0.3 is 0 Å². The summed E-state index contributed by atoms with van der Waals surface area (Å²) in [5, 5.41) is 0. The van der Waals surface area contributed by atoms with Gasteiger partial charge in [-0.05, 0) is 78.3 Å². The molecule has 5 heterocycles. The lowest BCUT2D eigenvalue weighted by Gasteiger charge is -2.22. The Balaban J connectivity index is 1.45. The quantitative estimate of drug-likeness (QED) is 0.163. The summed E-state index contributed by atoms with van der Waals surface area (Å²) in [6.07, 6.45) is 3.44. The highest BCUT2D eigenvalue weighted by atomic mass is 32.1. The van der Waals surface area contributed by atoms with Crippen LogP contribution < -0.4 is 0 Å². The Bertz CT molecular complexity index is 1570. The molecule has 0 amide bonds. The first-order valence-electron chi connectivity index (χ1n) is 13.0. The maximum absolute atomic E-state index is 12.3. The highest BCUT2D eigenvalue weighted by Gasteiger charge is 2.24. The molecule has 0 radical (unpaired) electrons. The molecule has 0 unspecified atom stereocenters. The molecule has 6 heteroatoms. The molecular weight excluding hydrogens is 561 g/mol. The van der Waals surface area contributed by atoms with Crippen LogP contribution in [-0.4, -0.2) is 6.29 Å². The van der Waals surface area contributed by atoms with Crippen LogP contribution >= 0.6 is 56.7 Å². The van der Waals surface area contributed by atoms with Gasteiger partial charge in [0.2, 0.25) is 0 Å². The minimum Gasteiger partial charge on any atom is -0.298 e. The monoisotopic (exact) mass is 594 g/mol. The number of thiophene rings is 5. The van der Waals surface area contributed by atoms with Gasteiger partial charge in [0.15, 0.2) is 6.29 Å². The van der Waals surface area contributed by atoms with Crippen molar-refractivity contribution in [2.24, 2.45) is 0 Å². The minimum absolute atomic E-state index is 0.156. The maximum atomic E-state index is 12.3. The van der Waals surface area contributed by atoms with Crippen molar-refractivity contribution in [2.45, 2.75) is 72.1 Å². The molecule has 0 aliphatic heterocycles. The van der Waals surface area contributed by atoms with E-state index in [-0.39, 0.29) is 10.8 Å². The first-order chi connectivity index (χ1) is 18.0. The Hall–Kier alpha value is -1.83. The van der Waals surface area contributed by atoms with Crippen LogP contribution in [0.15, 0.2) is 48.5 Å². The van der Waals surface area contributed by atoms with Gasteiger partial charge in [0.05, 0.1) is 4.88 Å². The molecule has 0 fully saturated rings. The molecule has 1 nitrogen and oxygen atoms in total. The minimum atomic E-state index is 0.156. The average molecular weight is 595 g/mol. The molecule has 0 saturated carbocycles. The van der Waals surface area contributed by atoms with E-state index in [1.165, 1.54) is 56.7 Å². The van der Waals surface area contributed by atoms with Crippen molar-refractivity contribution in [3.8, 4) is 39.0 Å². The lowest BCUT2D eigenvalue weighted by molar-refractivity contribution is 0.112. The van der Waals surface area contributed by atoms with Crippen molar-refractivity contribution < 1.29 is 4.79 Å². The summed E-state index contributed by atoms with van der Waals surface area (Å²) in [5.74, 6) is 0. The normalized spacial score (nSPS) is 12.4. The van der Waals surface area contributed by atoms with Crippen molar-refractivity contribution in [1.82, 2.24) is 0 Å². The fraction of sp³-hybridized carbons (Fsp3) is 0.344. The predicted octanol–water partition coefficient (Wildman–Crippen LogP) is 12.2. The third-order valence-electron chi connectivity index (χ3n) is 6.95. The zero-order chi connectivity index (χ0) is 27.2. The van der Waals surface area contributed by atoms with E-state index in [1.54, 1.807) is 22.7 Å². The molecule has 0 bridgehead atoms. The second-order valence-electron chi connectivity index (χ2n) is 11.5. The molecule has 5 aromatic heterocycles. The third-order valence-corrected chi connectivity index (χ3v) is 14.1. The Morgan fingerprint density at radius 1 is 0.632 bits per heavy atom. The van der Waals surface area contributed by atoms with Gasteiger partial charge in [-0.25, -0.2) is 0 Å². The Labute approximate surface area is 246 Å². The number of aldehydes is 1. The molecule has 0 aliphatic carbocycles. The number of carbonyl (C=O) groups is 1. The van der Waals surface area contributed by atoms with Crippen molar-refractivity contribution in [3.63, 3.8) is 0 Å². The second kappa shape index (κ2) is 10.6. The van der Waals surface area contributed by atoms with E-state index in [4.69, 9.17) is 0 Å². The first-order valence-corrected chi connectivity index (χ1v) is 17.1. The van der Waals surface area contributed by atoms with Crippen LogP contribution in [0.1, 0.15) is 80.1 Å². The average Bonchev–Trinajstić information content (AvgIpc) is 3.67. The van der Waals surface area contributed by atoms with Gasteiger partial charge in [0.1, 0.15) is 0 Å². The molecular formula is C32H34OS5. The molecule has 0 aliphatic rings. The third kappa shape index (κ3) is 5.31. The summed E-state index contributed by atoms with van der Waals surface area (Å²) in [6.45, 7) is 15.8. The van der Waals surface area contributed by atoms with Crippen LogP contribution in [0, 0.1) is 6.92 Å². The highest BCUT2D eigenvalue weighted by Crippen LogP contribution is 2.49. The summed E-state index contributed by atoms with van der Waals surface area (Å²) < 4.78 is 0. The fourth-order valence-corrected chi connectivity index (χ4v) is 10.7. The van der Waals surface area contributed by atoms with Crippen LogP contribution in [0.2, 0.25) is 0 Å². The summed E-state index contributed by atoms with van der Waals surface area (Å²) in [7, 11) is 0. The molecule has 5 aromatic rings. The first kappa shape index (κ1) is 27.7. The molecule has 38 heavy (non-hydrogen) atoms. The second-order valence-corrected chi connectivity index (χ2v) is 16.8. The number of hydrogen-bond donors (Lipinski definition) is 0. The van der Waals surface area contributed by atoms with Crippen LogP contribution in [0.4, 0.5) is 0 Å². The lowest BCUT2D eigenvalue weighted by atomic mass is 9.86. The van der Waals surface area contributed by atoms with E-state index >= 15 is 0 Å². The van der Waals surface area contributed by atoms with Gasteiger partial charge in [-0.1, -0.05) is 48.0 Å². The van der Waals surface area contributed by atoms with E-state index in [9.17, 15) is 4.79 Å². The van der Waals surface area contributed by atoms with Crippen molar-refractivity contribution in [2.75, 3.05) is 0 Å². The van der Waals surface area contributed by atoms with Crippen LogP contribution in [0.25, 0.3) is 39.0 Å². The van der Waals surface area contributed by atoms with Gasteiger partial charge in [0, 0.05) is 49.5 Å². The van der Waals surface area contributed by atoms with E-state index in [1.807, 2.05) is 34.0 Å². The standard InChI is InChI=1S/C32H34OS5/c1-8-17-32(6,7)28-16-14-24(37-28)22-9-11-25(34-22)29-19(2)20(18-33)30(38-29)26-12-10-21(35-26)23-13-15-27(36-23)31(3,4)5/h9-16,18H,8,17H2,1-7H3. The molecule has 0 N–H and O–H groups in total. The molecule has 0 spiro atoms. The molecule has 0 saturated heterocycles. The van der Waals surface area contributed by atoms with Crippen LogP contribution in [0.3, 0.4) is 0 Å². The topological polar surface area (TPSA) is 17.1 Å². The predicted molar refractivity (Wildman–Crippen MR) is 174 cm³/mol. The number of carbonyl (C=O) groups excluding carboxylic acids is 1. The zero-order valence-corrected chi connectivity index (χ0v) is 27.1. The smallest absolute Gasteiger partial charge is 0.151 e. The van der Waals surface area contributed by atoms with Crippen LogP contribution in [0.5, 0.6) is 0 Å². The largest absolute Gasteiger partial charge is 0.298 e. The summed E-state index contributed by atoms with van der Waals surface area (Å²) >= 11 is 9.17. The summed E-state index contributed by atoms with van der Waals surface area (Å²) in [5.41, 5.74) is 2.29. The van der Waals surface area contributed by atoms with Gasteiger partial charge in [-0.15, -0.1) is 56.7 Å². The maximum Gasteiger partial charge on any atom is 0.151 e. The van der Waals surface area contributed by atoms with E-state index in [0.717, 1.165) is 22.3 Å². The van der Waals surface area contributed by atoms with Crippen molar-refractivity contribution in [1.29, 1.82) is 0 Å². The highest BCUT2D eigenvalue weighted by molar-refractivity contribution is 7.30. The molecule has 198 valence electrons. The molecule has 0 aromatic carbocycles. The Morgan fingerprint density at radius 3 is 1.63 bits per heavy atom. The summed E-state index contributed by atoms with van der Waals surface area (Å²) in [6, 6.07) is 17.9. The molecule has 0 atom stereocenters. The molecule has 5 rings (SSSR count). The van der Waals surface area contributed by atoms with Crippen molar-refractivity contribution >= 4 is 63.0 Å². The Morgan fingerprint density at radius 2 is 1.11 bits per heavy atom. The van der Waals surface area contributed by atoms with E-state index in [0.29, 0.717) is 0 Å². The van der Waals surface area contributed by atoms with Crippen LogP contribution in [-0.2, 0) is 10.8 Å². The van der Waals surface area contributed by atoms with Gasteiger partial charge in [-0.3, -0.25) is 4.79 Å². The number of hydrogen-bond acceptors (Lipinski definition) is 6. The summed E-state index contributed by atoms with van der Waals surface area (Å²) in [4.78, 5) is 25.0. The lowest BCUT2D eigenvalue weighted by Crippen LogP contribution is -2.14. The van der Waals surface area contributed by atoms with Gasteiger partial charge < -0.3 is 0 Å². The Kier molecular flexibility index (Phi) is 7.75. The van der Waals surface area contributed by atoms with Gasteiger partial charge in [-0.2, -0.15) is 0 Å². The van der Waals surface area contributed by atoms with E-state index < -0.39 is 0 Å². The zero-order valence-electron chi connectivity index (χ0n) is 23.1. The SMILES string of the molecule is CCCC(C)(C)c1ccc(-c2ccc(-c3sc(-c4ccc(-c5ccc(C(C)(C)C)s5)s4)c(C=O)c3C)s2)s1. The number of rotatable bonds is 8. The van der Waals surface area contributed by atoms with Gasteiger partial charge in [0.25, 0.3) is 0 Å². The fourth-order valence-electron chi connectivity index (χ4n) is 4.73.